The number of aliphatic imine (C=N–C) groups is 1. The van der Waals surface area contributed by atoms with E-state index in [1.54, 1.807) is 0 Å². The molecule has 2 heterocycles. The molecule has 0 fully saturated rings. The molecule has 1 aromatic rings. The van der Waals surface area contributed by atoms with Crippen LogP contribution in [0, 0.1) is 0 Å². The number of fused-ring (bicyclic) bond motifs is 2. The quantitative estimate of drug-likeness (QED) is 0.625. The normalized spacial score (nSPS) is 22.2. The first-order valence-electron chi connectivity index (χ1n) is 4.42. The fourth-order valence-electron chi connectivity index (χ4n) is 1.63. The number of aliphatic hydroxyl groups excluding tert-OH is 1. The highest BCUT2D eigenvalue weighted by Crippen LogP contribution is 2.17. The maximum absolute atomic E-state index is 8.88. The Kier molecular flexibility index (Phi) is 1.46. The van der Waals surface area contributed by atoms with Gasteiger partial charge in [0.05, 0.1) is 5.36 Å². The van der Waals surface area contributed by atoms with E-state index in [4.69, 9.17) is 9.84 Å². The van der Waals surface area contributed by atoms with E-state index in [1.807, 2.05) is 24.3 Å². The third-order valence-electron chi connectivity index (χ3n) is 2.25. The maximum Gasteiger partial charge on any atom is 0.215 e. The van der Waals surface area contributed by atoms with Crippen LogP contribution >= 0.6 is 0 Å². The van der Waals surface area contributed by atoms with Crippen molar-refractivity contribution in [3.8, 4) is 0 Å². The van der Waals surface area contributed by atoms with Gasteiger partial charge in [-0.2, -0.15) is 0 Å². The zero-order valence-corrected chi connectivity index (χ0v) is 7.34. The first-order chi connectivity index (χ1) is 6.88. The molecule has 14 heavy (non-hydrogen) atoms. The summed E-state index contributed by atoms with van der Waals surface area (Å²) < 4.78 is 5.43. The van der Waals surface area contributed by atoms with Gasteiger partial charge in [0.15, 0.2) is 11.6 Å². The van der Waals surface area contributed by atoms with Crippen molar-refractivity contribution in [2.75, 3.05) is 6.61 Å². The highest BCUT2D eigenvalue weighted by Gasteiger charge is 2.26. The van der Waals surface area contributed by atoms with Crippen LogP contribution in [0.1, 0.15) is 0 Å². The molecule has 1 N–H and O–H groups in total. The predicted molar refractivity (Wildman–Crippen MR) is 50.0 cm³/mol. The van der Waals surface area contributed by atoms with Gasteiger partial charge in [0.2, 0.25) is 6.23 Å². The van der Waals surface area contributed by atoms with E-state index in [0.717, 1.165) is 10.6 Å². The Morgan fingerprint density at radius 3 is 3.07 bits per heavy atom. The number of hydrogen-bond acceptors (Lipinski definition) is 4. The van der Waals surface area contributed by atoms with Crippen LogP contribution in [-0.2, 0) is 4.74 Å². The van der Waals surface area contributed by atoms with Crippen molar-refractivity contribution in [1.82, 2.24) is 0 Å². The first kappa shape index (κ1) is 7.70. The Bertz CT molecular complexity index is 533. The van der Waals surface area contributed by atoms with Gasteiger partial charge in [-0.3, -0.25) is 0 Å². The van der Waals surface area contributed by atoms with Crippen molar-refractivity contribution in [2.45, 2.75) is 6.23 Å². The molecule has 4 heteroatoms. The van der Waals surface area contributed by atoms with Gasteiger partial charge in [0.1, 0.15) is 6.61 Å². The van der Waals surface area contributed by atoms with Crippen LogP contribution in [0.4, 0.5) is 0 Å². The summed E-state index contributed by atoms with van der Waals surface area (Å²) >= 11 is 0. The molecule has 1 atom stereocenters. The highest BCUT2D eigenvalue weighted by molar-refractivity contribution is 6.17. The minimum absolute atomic E-state index is 0.106. The average Bonchev–Trinajstić information content (AvgIpc) is 2.73. The van der Waals surface area contributed by atoms with Gasteiger partial charge in [-0.1, -0.05) is 12.1 Å². The van der Waals surface area contributed by atoms with Gasteiger partial charge in [0, 0.05) is 5.22 Å². The monoisotopic (exact) mass is 188 g/mol. The van der Waals surface area contributed by atoms with E-state index in [0.29, 0.717) is 11.6 Å². The van der Waals surface area contributed by atoms with Crippen molar-refractivity contribution in [1.29, 1.82) is 0 Å². The zero-order chi connectivity index (χ0) is 9.54. The smallest absolute Gasteiger partial charge is 0.215 e. The Balaban J connectivity index is 2.25. The van der Waals surface area contributed by atoms with E-state index < -0.39 is 6.23 Å². The first-order valence-corrected chi connectivity index (χ1v) is 4.42. The van der Waals surface area contributed by atoms with E-state index in [2.05, 4.69) is 9.98 Å². The van der Waals surface area contributed by atoms with E-state index >= 15 is 0 Å². The molecule has 0 radical (unpaired) electrons. The van der Waals surface area contributed by atoms with Crippen LogP contribution in [0.2, 0.25) is 0 Å². The molecule has 0 saturated heterocycles. The molecule has 2 aliphatic rings. The average molecular weight is 188 g/mol. The number of ether oxygens (including phenoxy) is 1. The molecule has 70 valence electrons. The molecular weight excluding hydrogens is 180 g/mol. The summed E-state index contributed by atoms with van der Waals surface area (Å²) in [6, 6.07) is 7.71. The second-order valence-corrected chi connectivity index (χ2v) is 3.17. The fraction of sp³-hybridized carbons (Fsp3) is 0.200. The van der Waals surface area contributed by atoms with Crippen molar-refractivity contribution in [3.63, 3.8) is 0 Å². The molecule has 0 aromatic heterocycles. The zero-order valence-electron chi connectivity index (χ0n) is 7.34. The van der Waals surface area contributed by atoms with Crippen LogP contribution in [0.3, 0.4) is 0 Å². The lowest BCUT2D eigenvalue weighted by Gasteiger charge is -2.02. The number of aliphatic hydroxyl groups is 1. The highest BCUT2D eigenvalue weighted by atomic mass is 16.5. The minimum atomic E-state index is -0.475. The van der Waals surface area contributed by atoms with Crippen LogP contribution in [0.25, 0.3) is 5.76 Å². The SMILES string of the molecule is OCC1N=C2N=c3ccccc3=C2O1. The molecule has 2 aliphatic heterocycles. The maximum atomic E-state index is 8.88. The van der Waals surface area contributed by atoms with E-state index in [1.165, 1.54) is 0 Å². The Hall–Kier alpha value is -1.68. The number of nitrogens with zero attached hydrogens (tertiary/aromatic N) is 2. The molecule has 3 rings (SSSR count). The number of rotatable bonds is 1. The minimum Gasteiger partial charge on any atom is -0.462 e. The largest absolute Gasteiger partial charge is 0.462 e. The molecule has 0 saturated carbocycles. The predicted octanol–water partition coefficient (Wildman–Crippen LogP) is -0.825. The van der Waals surface area contributed by atoms with Crippen LogP contribution in [0.15, 0.2) is 34.3 Å². The second-order valence-electron chi connectivity index (χ2n) is 3.17. The summed E-state index contributed by atoms with van der Waals surface area (Å²) in [4.78, 5) is 8.41. The molecule has 4 nitrogen and oxygen atoms in total. The summed E-state index contributed by atoms with van der Waals surface area (Å²) in [5, 5.41) is 10.7. The standard InChI is InChI=1S/C10H8N2O2/c13-5-8-12-10-9(14-8)6-3-1-2-4-7(6)11-10/h1-4,8,13H,5H2. The van der Waals surface area contributed by atoms with Gasteiger partial charge in [-0.05, 0) is 12.1 Å². The lowest BCUT2D eigenvalue weighted by atomic mass is 10.3. The van der Waals surface area contributed by atoms with Crippen LogP contribution in [0.5, 0.6) is 0 Å². The molecular formula is C10H8N2O2. The molecule has 0 spiro atoms. The Labute approximate surface area is 79.9 Å². The molecule has 0 aliphatic carbocycles. The number of hydrogen-bond donors (Lipinski definition) is 1. The topological polar surface area (TPSA) is 54.2 Å². The fourth-order valence-corrected chi connectivity index (χ4v) is 1.63. The molecule has 1 aromatic carbocycles. The van der Waals surface area contributed by atoms with Gasteiger partial charge in [-0.15, -0.1) is 0 Å². The van der Waals surface area contributed by atoms with Crippen molar-refractivity contribution in [3.05, 3.63) is 34.8 Å². The summed E-state index contributed by atoms with van der Waals surface area (Å²) in [7, 11) is 0. The van der Waals surface area contributed by atoms with Crippen molar-refractivity contribution in [2.24, 2.45) is 9.98 Å². The third kappa shape index (κ3) is 0.914. The number of benzene rings is 1. The summed E-state index contributed by atoms with van der Waals surface area (Å²) in [5.41, 5.74) is 0. The molecule has 0 amide bonds. The third-order valence-corrected chi connectivity index (χ3v) is 2.25. The van der Waals surface area contributed by atoms with Gasteiger partial charge < -0.3 is 9.84 Å². The lowest BCUT2D eigenvalue weighted by molar-refractivity contribution is 0.111. The summed E-state index contributed by atoms with van der Waals surface area (Å²) in [6.07, 6.45) is -0.475. The van der Waals surface area contributed by atoms with Gasteiger partial charge >= 0.3 is 0 Å². The molecule has 1 unspecified atom stereocenters. The summed E-state index contributed by atoms with van der Waals surface area (Å²) in [5.74, 6) is 1.30. The van der Waals surface area contributed by atoms with Crippen LogP contribution in [-0.4, -0.2) is 23.8 Å². The lowest BCUT2D eigenvalue weighted by Crippen LogP contribution is -2.23. The van der Waals surface area contributed by atoms with Gasteiger partial charge in [0.25, 0.3) is 0 Å². The van der Waals surface area contributed by atoms with Crippen molar-refractivity contribution >= 4 is 11.6 Å². The van der Waals surface area contributed by atoms with Crippen LogP contribution < -0.4 is 10.6 Å². The van der Waals surface area contributed by atoms with Gasteiger partial charge in [-0.25, -0.2) is 9.98 Å². The Morgan fingerprint density at radius 2 is 2.21 bits per heavy atom. The number of amidine groups is 1. The Morgan fingerprint density at radius 1 is 1.36 bits per heavy atom. The second kappa shape index (κ2) is 2.65. The van der Waals surface area contributed by atoms with E-state index in [9.17, 15) is 0 Å². The number of para-hydroxylation sites is 1. The van der Waals surface area contributed by atoms with E-state index in [-0.39, 0.29) is 6.61 Å². The molecule has 0 bridgehead atoms. The van der Waals surface area contributed by atoms with Crippen molar-refractivity contribution < 1.29 is 9.84 Å². The summed E-state index contributed by atoms with van der Waals surface area (Å²) in [6.45, 7) is -0.106.